The van der Waals surface area contributed by atoms with Crippen molar-refractivity contribution in [3.05, 3.63) is 71.1 Å². The molecule has 2 unspecified atom stereocenters. The molecule has 5 nitrogen and oxygen atoms in total. The van der Waals surface area contributed by atoms with Crippen molar-refractivity contribution in [2.24, 2.45) is 5.92 Å². The number of fused-ring (bicyclic) bond motifs is 1. The Hall–Kier alpha value is -3.34. The van der Waals surface area contributed by atoms with Gasteiger partial charge in [0.05, 0.1) is 25.8 Å². The number of ether oxygens (including phenoxy) is 2. The molecule has 0 saturated heterocycles. The number of rotatable bonds is 9. The van der Waals surface area contributed by atoms with E-state index in [-0.39, 0.29) is 11.7 Å². The summed E-state index contributed by atoms with van der Waals surface area (Å²) in [5.74, 6) is 1.85. The van der Waals surface area contributed by atoms with Gasteiger partial charge in [-0.3, -0.25) is 9.89 Å². The zero-order chi connectivity index (χ0) is 24.9. The van der Waals surface area contributed by atoms with Crippen molar-refractivity contribution >= 4 is 11.4 Å². The molecular formula is C30H36N2O3. The summed E-state index contributed by atoms with van der Waals surface area (Å²) >= 11 is 0. The number of methoxy groups -OCH3 is 1. The van der Waals surface area contributed by atoms with Crippen molar-refractivity contribution in [2.45, 2.75) is 59.3 Å². The van der Waals surface area contributed by atoms with Gasteiger partial charge in [-0.15, -0.1) is 0 Å². The lowest BCUT2D eigenvalue weighted by atomic mass is 9.82. The SMILES string of the molecule is C/C=C(/C(=O)C1COc2ccc(OC)cc2C1)c1ccc(-c2cn[nH]c2CCC)cc1C(C)CC. The second kappa shape index (κ2) is 10.9. The number of allylic oxidation sites excluding steroid dienone is 2. The number of H-pyrrole nitrogens is 1. The van der Waals surface area contributed by atoms with Crippen molar-refractivity contribution in [3.63, 3.8) is 0 Å². The van der Waals surface area contributed by atoms with Gasteiger partial charge >= 0.3 is 0 Å². The molecule has 2 atom stereocenters. The van der Waals surface area contributed by atoms with Gasteiger partial charge in [-0.2, -0.15) is 5.10 Å². The number of carbonyl (C=O) groups is 1. The fraction of sp³-hybridized carbons (Fsp3) is 0.400. The second-order valence-electron chi connectivity index (χ2n) is 9.38. The standard InChI is InChI=1S/C30H36N2O3/c1-6-9-28-27(17-31-32-28)20-10-12-25(26(16-20)19(4)7-2)24(8-3)30(33)22-14-21-15-23(34-5)11-13-29(21)35-18-22/h8,10-13,15-17,19,22H,6-7,9,14,18H2,1-5H3,(H,31,32)/b24-8+. The molecule has 1 aromatic heterocycles. The summed E-state index contributed by atoms with van der Waals surface area (Å²) in [6.45, 7) is 8.94. The Morgan fingerprint density at radius 2 is 2.09 bits per heavy atom. The molecule has 2 heterocycles. The van der Waals surface area contributed by atoms with Gasteiger partial charge in [0.2, 0.25) is 0 Å². The van der Waals surface area contributed by atoms with E-state index in [1.54, 1.807) is 7.11 Å². The first-order valence-corrected chi connectivity index (χ1v) is 12.7. The number of hydrogen-bond acceptors (Lipinski definition) is 4. The van der Waals surface area contributed by atoms with Crippen LogP contribution in [-0.2, 0) is 17.6 Å². The Balaban J connectivity index is 1.67. The first-order valence-electron chi connectivity index (χ1n) is 12.7. The number of ketones is 1. The minimum atomic E-state index is -0.227. The van der Waals surface area contributed by atoms with Crippen molar-refractivity contribution in [3.8, 4) is 22.6 Å². The normalized spacial score (nSPS) is 16.4. The van der Waals surface area contributed by atoms with Gasteiger partial charge in [-0.25, -0.2) is 0 Å². The molecule has 0 saturated carbocycles. The number of aryl methyl sites for hydroxylation is 1. The summed E-state index contributed by atoms with van der Waals surface area (Å²) in [6, 6.07) is 12.3. The van der Waals surface area contributed by atoms with Crippen LogP contribution in [0.1, 0.15) is 68.8 Å². The highest BCUT2D eigenvalue weighted by atomic mass is 16.5. The lowest BCUT2D eigenvalue weighted by Crippen LogP contribution is -2.29. The molecule has 35 heavy (non-hydrogen) atoms. The third-order valence-corrected chi connectivity index (χ3v) is 7.11. The van der Waals surface area contributed by atoms with E-state index in [1.807, 2.05) is 37.4 Å². The Labute approximate surface area is 208 Å². The van der Waals surface area contributed by atoms with E-state index < -0.39 is 0 Å². The van der Waals surface area contributed by atoms with Crippen molar-refractivity contribution in [1.29, 1.82) is 0 Å². The van der Waals surface area contributed by atoms with Crippen LogP contribution in [0, 0.1) is 5.92 Å². The molecule has 3 aromatic rings. The number of aromatic amines is 1. The first-order chi connectivity index (χ1) is 17.0. The van der Waals surface area contributed by atoms with Gasteiger partial charge < -0.3 is 9.47 Å². The predicted octanol–water partition coefficient (Wildman–Crippen LogP) is 6.78. The fourth-order valence-corrected chi connectivity index (χ4v) is 4.92. The van der Waals surface area contributed by atoms with Crippen LogP contribution in [0.25, 0.3) is 16.7 Å². The third-order valence-electron chi connectivity index (χ3n) is 7.11. The number of nitrogens with zero attached hydrogens (tertiary/aromatic N) is 1. The molecule has 1 aliphatic heterocycles. The molecule has 0 amide bonds. The molecule has 5 heteroatoms. The Morgan fingerprint density at radius 1 is 1.26 bits per heavy atom. The molecular weight excluding hydrogens is 436 g/mol. The average Bonchev–Trinajstić information content (AvgIpc) is 3.36. The number of aromatic nitrogens is 2. The van der Waals surface area contributed by atoms with Gasteiger partial charge in [0.25, 0.3) is 0 Å². The molecule has 0 aliphatic carbocycles. The fourth-order valence-electron chi connectivity index (χ4n) is 4.92. The number of nitrogens with one attached hydrogen (secondary N) is 1. The molecule has 1 aliphatic rings. The van der Waals surface area contributed by atoms with Crippen LogP contribution < -0.4 is 9.47 Å². The number of Topliss-reactive ketones (excluding diaryl/α,β-unsaturated/α-hetero) is 1. The maximum absolute atomic E-state index is 13.8. The first kappa shape index (κ1) is 24.8. The minimum absolute atomic E-state index is 0.133. The van der Waals surface area contributed by atoms with E-state index in [1.165, 1.54) is 5.56 Å². The minimum Gasteiger partial charge on any atom is -0.497 e. The van der Waals surface area contributed by atoms with Crippen LogP contribution in [0.2, 0.25) is 0 Å². The van der Waals surface area contributed by atoms with Crippen LogP contribution >= 0.6 is 0 Å². The summed E-state index contributed by atoms with van der Waals surface area (Å²) in [4.78, 5) is 13.8. The summed E-state index contributed by atoms with van der Waals surface area (Å²) in [7, 11) is 1.65. The average molecular weight is 473 g/mol. The van der Waals surface area contributed by atoms with Gasteiger partial charge in [-0.1, -0.05) is 51.5 Å². The molecule has 184 valence electrons. The smallest absolute Gasteiger partial charge is 0.169 e. The van der Waals surface area contributed by atoms with Crippen LogP contribution in [0.5, 0.6) is 11.5 Å². The second-order valence-corrected chi connectivity index (χ2v) is 9.38. The summed E-state index contributed by atoms with van der Waals surface area (Å²) < 4.78 is 11.4. The quantitative estimate of drug-likeness (QED) is 0.349. The third kappa shape index (κ3) is 5.04. The molecule has 0 radical (unpaired) electrons. The van der Waals surface area contributed by atoms with Gasteiger partial charge in [0, 0.05) is 16.8 Å². The van der Waals surface area contributed by atoms with E-state index in [9.17, 15) is 4.79 Å². The summed E-state index contributed by atoms with van der Waals surface area (Å²) in [6.07, 6.45) is 7.53. The molecule has 0 spiro atoms. The molecule has 1 N–H and O–H groups in total. The molecule has 4 rings (SSSR count). The van der Waals surface area contributed by atoms with Crippen molar-refractivity contribution in [1.82, 2.24) is 10.2 Å². The largest absolute Gasteiger partial charge is 0.497 e. The Morgan fingerprint density at radius 3 is 2.80 bits per heavy atom. The molecule has 0 bridgehead atoms. The van der Waals surface area contributed by atoms with Gasteiger partial charge in [-0.05, 0) is 72.6 Å². The van der Waals surface area contributed by atoms with Gasteiger partial charge in [0.15, 0.2) is 5.78 Å². The number of carbonyl (C=O) groups excluding carboxylic acids is 1. The lowest BCUT2D eigenvalue weighted by Gasteiger charge is -2.26. The zero-order valence-electron chi connectivity index (χ0n) is 21.5. The Bertz CT molecular complexity index is 1220. The molecule has 0 fully saturated rings. The number of hydrogen-bond donors (Lipinski definition) is 1. The van der Waals surface area contributed by atoms with Crippen LogP contribution in [-0.4, -0.2) is 29.7 Å². The zero-order valence-corrected chi connectivity index (χ0v) is 21.5. The van der Waals surface area contributed by atoms with E-state index in [2.05, 4.69) is 49.2 Å². The van der Waals surface area contributed by atoms with Crippen LogP contribution in [0.4, 0.5) is 0 Å². The maximum atomic E-state index is 13.8. The van der Waals surface area contributed by atoms with Gasteiger partial charge in [0.1, 0.15) is 11.5 Å². The highest BCUT2D eigenvalue weighted by molar-refractivity contribution is 6.22. The van der Waals surface area contributed by atoms with Crippen LogP contribution in [0.3, 0.4) is 0 Å². The number of benzene rings is 2. The van der Waals surface area contributed by atoms with E-state index >= 15 is 0 Å². The summed E-state index contributed by atoms with van der Waals surface area (Å²) in [5, 5.41) is 7.45. The van der Waals surface area contributed by atoms with Crippen molar-refractivity contribution < 1.29 is 14.3 Å². The topological polar surface area (TPSA) is 64.2 Å². The van der Waals surface area contributed by atoms with Crippen molar-refractivity contribution in [2.75, 3.05) is 13.7 Å². The Kier molecular flexibility index (Phi) is 7.74. The predicted molar refractivity (Wildman–Crippen MR) is 141 cm³/mol. The lowest BCUT2D eigenvalue weighted by molar-refractivity contribution is -0.118. The summed E-state index contributed by atoms with van der Waals surface area (Å²) in [5.41, 5.74) is 7.46. The highest BCUT2D eigenvalue weighted by Crippen LogP contribution is 2.37. The van der Waals surface area contributed by atoms with E-state index in [4.69, 9.17) is 9.47 Å². The van der Waals surface area contributed by atoms with E-state index in [0.29, 0.717) is 18.9 Å². The van der Waals surface area contributed by atoms with Crippen LogP contribution in [0.15, 0.2) is 48.7 Å². The molecule has 2 aromatic carbocycles. The monoisotopic (exact) mass is 472 g/mol. The maximum Gasteiger partial charge on any atom is 0.169 e. The van der Waals surface area contributed by atoms with E-state index in [0.717, 1.165) is 64.3 Å². The highest BCUT2D eigenvalue weighted by Gasteiger charge is 2.30.